The number of amides is 1. The number of para-hydroxylation sites is 1. The lowest BCUT2D eigenvalue weighted by Crippen LogP contribution is -2.44. The number of hydrogen-bond acceptors (Lipinski definition) is 4. The fourth-order valence-electron chi connectivity index (χ4n) is 4.78. The first kappa shape index (κ1) is 19.1. The summed E-state index contributed by atoms with van der Waals surface area (Å²) in [6, 6.07) is 15.1. The highest BCUT2D eigenvalue weighted by atomic mass is 16.5. The second-order valence-corrected chi connectivity index (χ2v) is 8.38. The van der Waals surface area contributed by atoms with Gasteiger partial charge in [0.15, 0.2) is 0 Å². The van der Waals surface area contributed by atoms with Crippen molar-refractivity contribution in [3.63, 3.8) is 0 Å². The number of benzene rings is 1. The third-order valence-electron chi connectivity index (χ3n) is 6.33. The van der Waals surface area contributed by atoms with Crippen LogP contribution in [0.25, 0.3) is 11.4 Å². The molecule has 4 aliphatic rings. The van der Waals surface area contributed by atoms with Gasteiger partial charge >= 0.3 is 0 Å². The van der Waals surface area contributed by atoms with E-state index >= 15 is 0 Å². The van der Waals surface area contributed by atoms with Crippen molar-refractivity contribution in [2.45, 2.75) is 44.3 Å². The van der Waals surface area contributed by atoms with Crippen LogP contribution in [0.15, 0.2) is 54.9 Å². The van der Waals surface area contributed by atoms with Crippen LogP contribution >= 0.6 is 0 Å². The Hall–Kier alpha value is -2.86. The van der Waals surface area contributed by atoms with Crippen molar-refractivity contribution in [3.8, 4) is 17.1 Å². The van der Waals surface area contributed by atoms with Gasteiger partial charge < -0.3 is 14.6 Å². The number of pyridine rings is 1. The first-order valence-corrected chi connectivity index (χ1v) is 10.9. The Labute approximate surface area is 177 Å². The SMILES string of the molecule is O=C(CN1CCOc2ccccc2C1)NC1CCC(n2cccc3ccnc2-3)CC1. The first-order valence-electron chi connectivity index (χ1n) is 10.9. The molecule has 1 amide bonds. The molecule has 6 nitrogen and oxygen atoms in total. The van der Waals surface area contributed by atoms with Crippen LogP contribution in [0, 0.1) is 0 Å². The lowest BCUT2D eigenvalue weighted by Gasteiger charge is -2.32. The fraction of sp³-hybridized carbons (Fsp3) is 0.417. The summed E-state index contributed by atoms with van der Waals surface area (Å²) in [6.45, 7) is 2.56. The van der Waals surface area contributed by atoms with Crippen LogP contribution in [0.2, 0.25) is 0 Å². The molecule has 6 heteroatoms. The molecule has 1 saturated carbocycles. The lowest BCUT2D eigenvalue weighted by molar-refractivity contribution is -0.123. The molecule has 0 radical (unpaired) electrons. The predicted octanol–water partition coefficient (Wildman–Crippen LogP) is 3.48. The second-order valence-electron chi connectivity index (χ2n) is 8.38. The molecule has 0 bridgehead atoms. The van der Waals surface area contributed by atoms with Crippen molar-refractivity contribution in [2.75, 3.05) is 19.7 Å². The van der Waals surface area contributed by atoms with Gasteiger partial charge in [0, 0.05) is 48.7 Å². The highest BCUT2D eigenvalue weighted by Crippen LogP contribution is 2.32. The monoisotopic (exact) mass is 404 g/mol. The van der Waals surface area contributed by atoms with Crippen LogP contribution in [-0.4, -0.2) is 46.1 Å². The molecule has 3 heterocycles. The maximum Gasteiger partial charge on any atom is 0.234 e. The molecule has 0 saturated heterocycles. The highest BCUT2D eigenvalue weighted by Gasteiger charge is 2.26. The molecule has 1 aromatic rings. The van der Waals surface area contributed by atoms with E-state index in [2.05, 4.69) is 50.2 Å². The molecular formula is C24H28N4O2. The minimum absolute atomic E-state index is 0.116. The fourth-order valence-corrected chi connectivity index (χ4v) is 4.78. The number of rotatable bonds is 4. The summed E-state index contributed by atoms with van der Waals surface area (Å²) in [5.41, 5.74) is 2.34. The smallest absolute Gasteiger partial charge is 0.234 e. The summed E-state index contributed by atoms with van der Waals surface area (Å²) in [4.78, 5) is 19.4. The third-order valence-corrected chi connectivity index (χ3v) is 6.33. The molecule has 156 valence electrons. The molecule has 0 atom stereocenters. The Morgan fingerprint density at radius 3 is 2.87 bits per heavy atom. The van der Waals surface area contributed by atoms with Crippen molar-refractivity contribution in [3.05, 3.63) is 60.4 Å². The van der Waals surface area contributed by atoms with Gasteiger partial charge in [-0.3, -0.25) is 9.69 Å². The van der Waals surface area contributed by atoms with Gasteiger partial charge in [0.1, 0.15) is 18.2 Å². The molecule has 0 spiro atoms. The topological polar surface area (TPSA) is 59.4 Å². The average molecular weight is 405 g/mol. The first-order chi connectivity index (χ1) is 14.8. The Morgan fingerprint density at radius 2 is 1.97 bits per heavy atom. The maximum atomic E-state index is 12.7. The third kappa shape index (κ3) is 4.05. The molecular weight excluding hydrogens is 376 g/mol. The number of nitrogens with zero attached hydrogens (tertiary/aromatic N) is 3. The molecule has 1 N–H and O–H groups in total. The average Bonchev–Trinajstić information content (AvgIpc) is 3.15. The molecule has 1 aliphatic carbocycles. The summed E-state index contributed by atoms with van der Waals surface area (Å²) >= 11 is 0. The zero-order chi connectivity index (χ0) is 20.3. The van der Waals surface area contributed by atoms with Crippen molar-refractivity contribution in [2.24, 2.45) is 0 Å². The van der Waals surface area contributed by atoms with Gasteiger partial charge in [0.05, 0.1) is 6.54 Å². The molecule has 30 heavy (non-hydrogen) atoms. The minimum Gasteiger partial charge on any atom is -0.492 e. The molecule has 0 unspecified atom stereocenters. The van der Waals surface area contributed by atoms with Crippen LogP contribution < -0.4 is 10.1 Å². The Kier molecular flexibility index (Phi) is 5.41. The largest absolute Gasteiger partial charge is 0.492 e. The number of carbonyl (C=O) groups excluding carboxylic acids is 1. The maximum absolute atomic E-state index is 12.7. The Balaban J connectivity index is 1.13. The van der Waals surface area contributed by atoms with E-state index < -0.39 is 0 Å². The molecule has 5 rings (SSSR count). The number of ether oxygens (including phenoxy) is 1. The van der Waals surface area contributed by atoms with Crippen LogP contribution in [0.1, 0.15) is 37.3 Å². The quantitative estimate of drug-likeness (QED) is 0.723. The number of hydrogen-bond donors (Lipinski definition) is 1. The van der Waals surface area contributed by atoms with Crippen LogP contribution in [-0.2, 0) is 11.3 Å². The highest BCUT2D eigenvalue weighted by molar-refractivity contribution is 5.78. The number of aromatic nitrogens is 2. The standard InChI is InChI=1S/C24H28N4O2/c29-23(17-27-14-15-30-22-6-2-1-4-19(22)16-27)26-20-7-9-21(10-8-20)28-13-3-5-18-11-12-25-24(18)28/h1-6,11-13,20-21H,7-10,14-17H2,(H,26,29). The van der Waals surface area contributed by atoms with E-state index in [9.17, 15) is 4.79 Å². The molecule has 1 aromatic carbocycles. The van der Waals surface area contributed by atoms with E-state index in [0.717, 1.165) is 55.9 Å². The predicted molar refractivity (Wildman–Crippen MR) is 115 cm³/mol. The van der Waals surface area contributed by atoms with E-state index in [1.165, 1.54) is 5.56 Å². The zero-order valence-electron chi connectivity index (χ0n) is 17.2. The number of nitrogens with one attached hydrogen (secondary N) is 1. The molecule has 3 aliphatic heterocycles. The summed E-state index contributed by atoms with van der Waals surface area (Å²) in [6.07, 6.45) is 8.15. The van der Waals surface area contributed by atoms with Gasteiger partial charge in [-0.2, -0.15) is 0 Å². The minimum atomic E-state index is 0.116. The summed E-state index contributed by atoms with van der Waals surface area (Å²) in [7, 11) is 0. The van der Waals surface area contributed by atoms with Crippen molar-refractivity contribution >= 4 is 5.91 Å². The normalized spacial score (nSPS) is 22.1. The van der Waals surface area contributed by atoms with E-state index in [4.69, 9.17) is 4.74 Å². The van der Waals surface area contributed by atoms with Gasteiger partial charge in [-0.1, -0.05) is 18.2 Å². The second kappa shape index (κ2) is 8.48. The Bertz CT molecular complexity index is 977. The van der Waals surface area contributed by atoms with Crippen molar-refractivity contribution in [1.82, 2.24) is 19.8 Å². The van der Waals surface area contributed by atoms with Gasteiger partial charge in [0.2, 0.25) is 5.91 Å². The van der Waals surface area contributed by atoms with Crippen LogP contribution in [0.4, 0.5) is 0 Å². The number of fused-ring (bicyclic) bond motifs is 2. The summed E-state index contributed by atoms with van der Waals surface area (Å²) in [5, 5.41) is 3.27. The van der Waals surface area contributed by atoms with Crippen molar-refractivity contribution < 1.29 is 9.53 Å². The van der Waals surface area contributed by atoms with E-state index in [-0.39, 0.29) is 11.9 Å². The van der Waals surface area contributed by atoms with Gasteiger partial charge in [-0.25, -0.2) is 4.98 Å². The van der Waals surface area contributed by atoms with E-state index in [1.807, 2.05) is 24.4 Å². The summed E-state index contributed by atoms with van der Waals surface area (Å²) < 4.78 is 8.12. The molecule has 1 fully saturated rings. The van der Waals surface area contributed by atoms with Gasteiger partial charge in [-0.15, -0.1) is 0 Å². The van der Waals surface area contributed by atoms with Gasteiger partial charge in [0.25, 0.3) is 0 Å². The van der Waals surface area contributed by atoms with E-state index in [1.54, 1.807) is 0 Å². The summed E-state index contributed by atoms with van der Waals surface area (Å²) in [5.74, 6) is 2.12. The number of carbonyl (C=O) groups is 1. The van der Waals surface area contributed by atoms with Crippen molar-refractivity contribution in [1.29, 1.82) is 0 Å². The van der Waals surface area contributed by atoms with Crippen LogP contribution in [0.3, 0.4) is 0 Å². The van der Waals surface area contributed by atoms with Crippen LogP contribution in [0.5, 0.6) is 5.75 Å². The van der Waals surface area contributed by atoms with Gasteiger partial charge in [-0.05, 0) is 49.9 Å². The Morgan fingerprint density at radius 1 is 1.10 bits per heavy atom. The van der Waals surface area contributed by atoms with E-state index in [0.29, 0.717) is 19.2 Å². The zero-order valence-corrected chi connectivity index (χ0v) is 17.2. The lowest BCUT2D eigenvalue weighted by atomic mass is 9.90. The molecule has 0 aromatic heterocycles.